The molecule has 1 N–H and O–H groups in total. The van der Waals surface area contributed by atoms with E-state index in [2.05, 4.69) is 21.0 Å². The van der Waals surface area contributed by atoms with Crippen LogP contribution >= 0.6 is 0 Å². The Morgan fingerprint density at radius 2 is 2.00 bits per heavy atom. The van der Waals surface area contributed by atoms with Gasteiger partial charge in [-0.25, -0.2) is 14.8 Å². The van der Waals surface area contributed by atoms with Gasteiger partial charge in [0.1, 0.15) is 18.5 Å². The Morgan fingerprint density at radius 3 is 2.66 bits per heavy atom. The van der Waals surface area contributed by atoms with E-state index in [4.69, 9.17) is 14.2 Å². The summed E-state index contributed by atoms with van der Waals surface area (Å²) in [6.07, 6.45) is 1.65. The van der Waals surface area contributed by atoms with Crippen molar-refractivity contribution in [3.8, 4) is 23.6 Å². The lowest BCUT2D eigenvalue weighted by Gasteiger charge is -2.45. The van der Waals surface area contributed by atoms with Gasteiger partial charge in [-0.15, -0.1) is 0 Å². The largest absolute Gasteiger partial charge is 0.472 e. The summed E-state index contributed by atoms with van der Waals surface area (Å²) in [5.74, 6) is 0.381. The first-order valence-electron chi connectivity index (χ1n) is 9.13. The number of piperidine rings is 1. The van der Waals surface area contributed by atoms with Crippen molar-refractivity contribution in [2.75, 3.05) is 26.3 Å². The molecular weight excluding hydrogens is 378 g/mol. The highest BCUT2D eigenvalue weighted by atomic mass is 16.5. The zero-order valence-corrected chi connectivity index (χ0v) is 15.7. The van der Waals surface area contributed by atoms with E-state index in [9.17, 15) is 15.2 Å². The number of aromatic nitrogens is 3. The summed E-state index contributed by atoms with van der Waals surface area (Å²) in [6.45, 7) is 3.17. The third kappa shape index (κ3) is 3.77. The molecule has 0 aliphatic carbocycles. The molecule has 2 aromatic heterocycles. The number of nitriles is 1. The highest BCUT2D eigenvalue weighted by Crippen LogP contribution is 2.34. The van der Waals surface area contributed by atoms with Crippen molar-refractivity contribution in [2.45, 2.75) is 13.0 Å². The summed E-state index contributed by atoms with van der Waals surface area (Å²) in [7, 11) is 0. The maximum absolute atomic E-state index is 11.4. The zero-order valence-electron chi connectivity index (χ0n) is 15.7. The smallest absolute Gasteiger partial charge is 0.407 e. The Balaban J connectivity index is 1.59. The van der Waals surface area contributed by atoms with Crippen molar-refractivity contribution in [3.05, 3.63) is 35.9 Å². The molecule has 2 aliphatic heterocycles. The van der Waals surface area contributed by atoms with Crippen LogP contribution in [0.4, 0.5) is 4.79 Å². The predicted molar refractivity (Wildman–Crippen MR) is 97.6 cm³/mol. The van der Waals surface area contributed by atoms with E-state index in [1.54, 1.807) is 25.3 Å². The van der Waals surface area contributed by atoms with Crippen LogP contribution < -0.4 is 9.47 Å². The first-order chi connectivity index (χ1) is 14.1. The second kappa shape index (κ2) is 7.89. The number of hydrogen-bond acceptors (Lipinski definition) is 8. The van der Waals surface area contributed by atoms with Crippen molar-refractivity contribution < 1.29 is 24.1 Å². The van der Waals surface area contributed by atoms with Crippen LogP contribution in [0.3, 0.4) is 0 Å². The van der Waals surface area contributed by atoms with Gasteiger partial charge in [0.05, 0.1) is 18.9 Å². The minimum atomic E-state index is -0.956. The summed E-state index contributed by atoms with van der Waals surface area (Å²) < 4.78 is 17.5. The van der Waals surface area contributed by atoms with Crippen molar-refractivity contribution in [1.82, 2.24) is 19.9 Å². The van der Waals surface area contributed by atoms with Crippen LogP contribution in [0.1, 0.15) is 11.3 Å². The lowest BCUT2D eigenvalue weighted by Crippen LogP contribution is -2.58. The molecular formula is C19H19N5O5. The summed E-state index contributed by atoms with van der Waals surface area (Å²) >= 11 is 0. The molecule has 2 saturated heterocycles. The number of nitrogens with zero attached hydrogens (tertiary/aromatic N) is 5. The van der Waals surface area contributed by atoms with Crippen LogP contribution in [0.2, 0.25) is 0 Å². The van der Waals surface area contributed by atoms with Gasteiger partial charge in [-0.2, -0.15) is 5.26 Å². The van der Waals surface area contributed by atoms with Crippen molar-refractivity contribution in [1.29, 1.82) is 5.26 Å². The normalized spacial score (nSPS) is 23.2. The van der Waals surface area contributed by atoms with Gasteiger partial charge < -0.3 is 24.2 Å². The average molecular weight is 397 g/mol. The third-order valence-corrected chi connectivity index (χ3v) is 5.08. The molecule has 2 fully saturated rings. The number of carboxylic acid groups (broad SMARTS) is 1. The van der Waals surface area contributed by atoms with Crippen LogP contribution in [0.25, 0.3) is 0 Å². The van der Waals surface area contributed by atoms with E-state index in [0.29, 0.717) is 37.7 Å². The van der Waals surface area contributed by atoms with Gasteiger partial charge in [0.25, 0.3) is 0 Å². The van der Waals surface area contributed by atoms with Crippen LogP contribution in [-0.4, -0.2) is 63.5 Å². The molecule has 2 atom stereocenters. The Bertz CT molecular complexity index is 948. The summed E-state index contributed by atoms with van der Waals surface area (Å²) in [4.78, 5) is 25.1. The number of hydrogen-bond donors (Lipinski definition) is 1. The standard InChI is InChI=1S/C19H19N5O5/c1-11-15(3-2-4-21-11)28-17-14(5-20)18(23-10-22-17)29-16-12-6-24(19(25)26)7-13(16)9-27-8-12/h2-4,10,12-13,16H,6-9H2,1H3,(H,25,26). The minimum Gasteiger partial charge on any atom is -0.472 e. The van der Waals surface area contributed by atoms with E-state index in [0.717, 1.165) is 0 Å². The molecule has 150 valence electrons. The van der Waals surface area contributed by atoms with Crippen LogP contribution in [0.15, 0.2) is 24.7 Å². The Kier molecular flexibility index (Phi) is 5.14. The van der Waals surface area contributed by atoms with Crippen molar-refractivity contribution in [3.63, 3.8) is 0 Å². The average Bonchev–Trinajstić information content (AvgIpc) is 2.69. The Hall–Kier alpha value is -3.45. The van der Waals surface area contributed by atoms with Gasteiger partial charge in [-0.3, -0.25) is 4.98 Å². The van der Waals surface area contributed by atoms with Crippen LogP contribution in [-0.2, 0) is 4.74 Å². The summed E-state index contributed by atoms with van der Waals surface area (Å²) in [5.41, 5.74) is 0.737. The maximum Gasteiger partial charge on any atom is 0.407 e. The second-order valence-corrected chi connectivity index (χ2v) is 6.99. The molecule has 0 radical (unpaired) electrons. The number of pyridine rings is 1. The molecule has 10 heteroatoms. The minimum absolute atomic E-state index is 0.0791. The second-order valence-electron chi connectivity index (χ2n) is 6.99. The molecule has 2 aromatic rings. The van der Waals surface area contributed by atoms with Crippen LogP contribution in [0.5, 0.6) is 17.5 Å². The molecule has 0 spiro atoms. The first kappa shape index (κ1) is 18.9. The highest BCUT2D eigenvalue weighted by molar-refractivity contribution is 5.65. The SMILES string of the molecule is Cc1ncccc1Oc1ncnc(OC2C3COCC2CN(C(=O)O)C3)c1C#N. The highest BCUT2D eigenvalue weighted by Gasteiger charge is 2.44. The van der Waals surface area contributed by atoms with Gasteiger partial charge in [-0.05, 0) is 19.1 Å². The van der Waals surface area contributed by atoms with Crippen LogP contribution in [0, 0.1) is 30.1 Å². The van der Waals surface area contributed by atoms with Gasteiger partial charge in [0.15, 0.2) is 11.3 Å². The maximum atomic E-state index is 11.4. The van der Waals surface area contributed by atoms with Crippen molar-refractivity contribution in [2.24, 2.45) is 11.8 Å². The molecule has 4 rings (SSSR count). The topological polar surface area (TPSA) is 131 Å². The fraction of sp³-hybridized carbons (Fsp3) is 0.421. The van der Waals surface area contributed by atoms with E-state index < -0.39 is 6.09 Å². The molecule has 29 heavy (non-hydrogen) atoms. The van der Waals surface area contributed by atoms with Gasteiger partial charge in [-0.1, -0.05) is 0 Å². The van der Waals surface area contributed by atoms with Gasteiger partial charge in [0.2, 0.25) is 11.8 Å². The summed E-state index contributed by atoms with van der Waals surface area (Å²) in [5, 5.41) is 19.0. The number of likely N-dealkylation sites (tertiary alicyclic amines) is 1. The fourth-order valence-corrected chi connectivity index (χ4v) is 3.67. The number of carbonyl (C=O) groups is 1. The van der Waals surface area contributed by atoms with Gasteiger partial charge in [0, 0.05) is 31.1 Å². The first-order valence-corrected chi connectivity index (χ1v) is 9.13. The Morgan fingerprint density at radius 1 is 1.28 bits per heavy atom. The van der Waals surface area contributed by atoms with E-state index in [1.807, 2.05) is 0 Å². The van der Waals surface area contributed by atoms with Gasteiger partial charge >= 0.3 is 6.09 Å². The lowest BCUT2D eigenvalue weighted by molar-refractivity contribution is -0.108. The fourth-order valence-electron chi connectivity index (χ4n) is 3.67. The molecule has 2 unspecified atom stereocenters. The molecule has 2 aliphatic rings. The molecule has 0 saturated carbocycles. The molecule has 2 bridgehead atoms. The third-order valence-electron chi connectivity index (χ3n) is 5.08. The molecule has 1 amide bonds. The number of fused-ring (bicyclic) bond motifs is 2. The number of aryl methyl sites for hydroxylation is 1. The Labute approximate surface area is 166 Å². The van der Waals surface area contributed by atoms with Crippen molar-refractivity contribution >= 4 is 6.09 Å². The van der Waals surface area contributed by atoms with E-state index >= 15 is 0 Å². The predicted octanol–water partition coefficient (Wildman–Crippen LogP) is 1.85. The van der Waals surface area contributed by atoms with E-state index in [1.165, 1.54) is 11.2 Å². The number of ether oxygens (including phenoxy) is 3. The van der Waals surface area contributed by atoms with E-state index in [-0.39, 0.29) is 35.3 Å². The quantitative estimate of drug-likeness (QED) is 0.821. The lowest BCUT2D eigenvalue weighted by atomic mass is 9.84. The number of rotatable bonds is 4. The monoisotopic (exact) mass is 397 g/mol. The molecule has 4 heterocycles. The summed E-state index contributed by atoms with van der Waals surface area (Å²) in [6, 6.07) is 5.51. The number of amides is 1. The zero-order chi connectivity index (χ0) is 20.4. The molecule has 0 aromatic carbocycles. The molecule has 10 nitrogen and oxygen atoms in total.